The first kappa shape index (κ1) is 23.5. The average Bonchev–Trinajstić information content (AvgIpc) is 3.48. The van der Waals surface area contributed by atoms with Crippen LogP contribution in [0.5, 0.6) is 0 Å². The van der Waals surface area contributed by atoms with Crippen molar-refractivity contribution in [2.75, 3.05) is 0 Å². The zero-order valence-corrected chi connectivity index (χ0v) is 21.3. The van der Waals surface area contributed by atoms with Gasteiger partial charge in [0, 0.05) is 27.9 Å². The van der Waals surface area contributed by atoms with Crippen molar-refractivity contribution < 1.29 is 18.6 Å². The van der Waals surface area contributed by atoms with Crippen molar-refractivity contribution in [2.24, 2.45) is 0 Å². The topological polar surface area (TPSA) is 68.6 Å². The molecular weight excluding hydrogens is 461 g/mol. The van der Waals surface area contributed by atoms with Crippen LogP contribution in [-0.4, -0.2) is 28.8 Å². The summed E-state index contributed by atoms with van der Waals surface area (Å²) in [5.41, 5.74) is 4.72. The molecule has 1 N–H and O–H groups in total. The van der Waals surface area contributed by atoms with E-state index in [0.717, 1.165) is 38.5 Å². The molecule has 6 aromatic rings. The number of rotatable bonds is 6. The zero-order valence-electron chi connectivity index (χ0n) is 21.3. The van der Waals surface area contributed by atoms with Gasteiger partial charge in [0.15, 0.2) is 5.58 Å². The quantitative estimate of drug-likeness (QED) is 0.259. The Hall–Kier alpha value is -3.87. The highest BCUT2D eigenvalue weighted by atomic mass is 16.5. The maximum absolute atomic E-state index is 10.6. The first-order chi connectivity index (χ1) is 17.7. The molecule has 0 spiro atoms. The summed E-state index contributed by atoms with van der Waals surface area (Å²) in [5, 5.41) is 12.5. The predicted octanol–water partition coefficient (Wildman–Crippen LogP) is 6.87. The largest absolute Gasteiger partial charge is 0.456 e. The number of furan rings is 1. The van der Waals surface area contributed by atoms with E-state index in [9.17, 15) is 5.11 Å². The Bertz CT molecular complexity index is 1720. The van der Waals surface area contributed by atoms with Crippen LogP contribution in [0.4, 0.5) is 0 Å². The number of hydrogen-bond donors (Lipinski definition) is 1. The second kappa shape index (κ2) is 8.61. The van der Waals surface area contributed by atoms with E-state index in [4.69, 9.17) is 18.5 Å². The molecule has 2 heterocycles. The second-order valence-corrected chi connectivity index (χ2v) is 10.4. The van der Waals surface area contributed by atoms with Crippen LogP contribution in [0.1, 0.15) is 27.7 Å². The Balaban J connectivity index is 1.48. The summed E-state index contributed by atoms with van der Waals surface area (Å²) in [7, 11) is 1.66. The SMILES string of the molecule is CC(C)(O)C(C)(C)O[B]c1c2oc(-c3ccc(-c4ccccc4)cc3)nc2cc2oc3ccccc3c12. The summed E-state index contributed by atoms with van der Waals surface area (Å²) < 4.78 is 18.7. The molecular formula is C31H27BNO4. The van der Waals surface area contributed by atoms with E-state index in [1.54, 1.807) is 21.3 Å². The Labute approximate surface area is 216 Å². The van der Waals surface area contributed by atoms with Crippen molar-refractivity contribution in [1.82, 2.24) is 4.98 Å². The van der Waals surface area contributed by atoms with Crippen LogP contribution >= 0.6 is 0 Å². The number of para-hydroxylation sites is 1. The first-order valence-electron chi connectivity index (χ1n) is 12.4. The normalized spacial score (nSPS) is 12.6. The fourth-order valence-electron chi connectivity index (χ4n) is 4.33. The van der Waals surface area contributed by atoms with Crippen LogP contribution in [-0.2, 0) is 4.65 Å². The van der Waals surface area contributed by atoms with Crippen molar-refractivity contribution in [3.05, 3.63) is 84.9 Å². The zero-order chi connectivity index (χ0) is 25.8. The lowest BCUT2D eigenvalue weighted by molar-refractivity contribution is -0.0892. The number of nitrogens with zero attached hydrogens (tertiary/aromatic N) is 1. The highest BCUT2D eigenvalue weighted by molar-refractivity contribution is 6.56. The smallest absolute Gasteiger partial charge is 0.335 e. The van der Waals surface area contributed by atoms with Gasteiger partial charge < -0.3 is 18.6 Å². The lowest BCUT2D eigenvalue weighted by Crippen LogP contribution is -2.49. The summed E-state index contributed by atoms with van der Waals surface area (Å²) in [4.78, 5) is 4.81. The van der Waals surface area contributed by atoms with Crippen LogP contribution in [0.2, 0.25) is 0 Å². The van der Waals surface area contributed by atoms with Crippen molar-refractivity contribution in [1.29, 1.82) is 0 Å². The molecule has 0 aliphatic rings. The third-order valence-corrected chi connectivity index (χ3v) is 7.24. The third kappa shape index (κ3) is 4.12. The van der Waals surface area contributed by atoms with Gasteiger partial charge in [0.2, 0.25) is 5.89 Å². The Morgan fingerprint density at radius 2 is 1.41 bits per heavy atom. The summed E-state index contributed by atoms with van der Waals surface area (Å²) in [6.07, 6.45) is 0. The standard InChI is InChI=1S/C31H27BNO4/c1-30(2,34)31(3,4)37-32-27-26-22-12-8-9-13-24(22)35-25(26)18-23-28(27)36-29(33-23)21-16-14-20(15-17-21)19-10-6-5-7-11-19/h5-18,34H,1-4H3. The van der Waals surface area contributed by atoms with Crippen LogP contribution in [0.15, 0.2) is 93.8 Å². The molecule has 0 bridgehead atoms. The summed E-state index contributed by atoms with van der Waals surface area (Å²) in [6.45, 7) is 7.18. The van der Waals surface area contributed by atoms with Gasteiger partial charge in [-0.2, -0.15) is 0 Å². The van der Waals surface area contributed by atoms with E-state index in [1.165, 1.54) is 0 Å². The van der Waals surface area contributed by atoms with Gasteiger partial charge in [0.1, 0.15) is 16.7 Å². The predicted molar refractivity (Wildman–Crippen MR) is 149 cm³/mol. The minimum atomic E-state index is -1.07. The van der Waals surface area contributed by atoms with Crippen LogP contribution in [0, 0.1) is 0 Å². The molecule has 4 aromatic carbocycles. The molecule has 2 aromatic heterocycles. The van der Waals surface area contributed by atoms with Gasteiger partial charge in [-0.3, -0.25) is 0 Å². The molecule has 1 radical (unpaired) electrons. The van der Waals surface area contributed by atoms with Crippen LogP contribution in [0.3, 0.4) is 0 Å². The molecule has 0 fully saturated rings. The molecule has 0 atom stereocenters. The minimum absolute atomic E-state index is 0.517. The Morgan fingerprint density at radius 1 is 0.757 bits per heavy atom. The van der Waals surface area contributed by atoms with E-state index in [0.29, 0.717) is 22.6 Å². The molecule has 0 amide bonds. The number of hydrogen-bond acceptors (Lipinski definition) is 5. The number of benzene rings is 4. The lowest BCUT2D eigenvalue weighted by Gasteiger charge is -2.37. The second-order valence-electron chi connectivity index (χ2n) is 10.4. The number of aromatic nitrogens is 1. The molecule has 6 rings (SSSR count). The van der Waals surface area contributed by atoms with Gasteiger partial charge in [0.05, 0.1) is 11.2 Å². The monoisotopic (exact) mass is 488 g/mol. The Morgan fingerprint density at radius 3 is 2.14 bits per heavy atom. The molecule has 0 aliphatic carbocycles. The van der Waals surface area contributed by atoms with Crippen molar-refractivity contribution in [2.45, 2.75) is 38.9 Å². The molecule has 37 heavy (non-hydrogen) atoms. The van der Waals surface area contributed by atoms with Gasteiger partial charge >= 0.3 is 7.48 Å². The number of fused-ring (bicyclic) bond motifs is 4. The molecule has 0 saturated heterocycles. The maximum Gasteiger partial charge on any atom is 0.335 e. The summed E-state index contributed by atoms with van der Waals surface area (Å²) in [5.74, 6) is 0.517. The number of oxazole rings is 1. The lowest BCUT2D eigenvalue weighted by atomic mass is 9.80. The van der Waals surface area contributed by atoms with Gasteiger partial charge in [0.25, 0.3) is 0 Å². The molecule has 0 saturated carbocycles. The fourth-order valence-corrected chi connectivity index (χ4v) is 4.33. The summed E-state index contributed by atoms with van der Waals surface area (Å²) in [6, 6.07) is 28.2. The molecule has 5 nitrogen and oxygen atoms in total. The summed E-state index contributed by atoms with van der Waals surface area (Å²) >= 11 is 0. The average molecular weight is 488 g/mol. The van der Waals surface area contributed by atoms with Gasteiger partial charge in [-0.25, -0.2) is 4.98 Å². The van der Waals surface area contributed by atoms with Crippen molar-refractivity contribution in [3.8, 4) is 22.6 Å². The van der Waals surface area contributed by atoms with E-state index < -0.39 is 11.2 Å². The first-order valence-corrected chi connectivity index (χ1v) is 12.4. The van der Waals surface area contributed by atoms with Crippen molar-refractivity contribution >= 4 is 46.0 Å². The third-order valence-electron chi connectivity index (χ3n) is 7.24. The van der Waals surface area contributed by atoms with E-state index in [-0.39, 0.29) is 0 Å². The van der Waals surface area contributed by atoms with Crippen LogP contribution < -0.4 is 5.46 Å². The number of aliphatic hydroxyl groups is 1. The van der Waals surface area contributed by atoms with E-state index in [2.05, 4.69) is 24.3 Å². The van der Waals surface area contributed by atoms with Gasteiger partial charge in [-0.05, 0) is 57.0 Å². The van der Waals surface area contributed by atoms with Gasteiger partial charge in [-0.1, -0.05) is 60.7 Å². The molecule has 0 unspecified atom stereocenters. The van der Waals surface area contributed by atoms with Gasteiger partial charge in [-0.15, -0.1) is 0 Å². The molecule has 183 valence electrons. The van der Waals surface area contributed by atoms with Crippen LogP contribution in [0.25, 0.3) is 55.6 Å². The minimum Gasteiger partial charge on any atom is -0.456 e. The highest BCUT2D eigenvalue weighted by Gasteiger charge is 2.36. The van der Waals surface area contributed by atoms with E-state index >= 15 is 0 Å². The maximum atomic E-state index is 10.6. The Kier molecular flexibility index (Phi) is 5.48. The molecule has 0 aliphatic heterocycles. The van der Waals surface area contributed by atoms with Crippen molar-refractivity contribution in [3.63, 3.8) is 0 Å². The fraction of sp³-hybridized carbons (Fsp3) is 0.194. The molecule has 6 heteroatoms. The highest BCUT2D eigenvalue weighted by Crippen LogP contribution is 2.34. The van der Waals surface area contributed by atoms with E-state index in [1.807, 2.05) is 74.5 Å².